The van der Waals surface area contributed by atoms with Crippen molar-refractivity contribution in [3.8, 4) is 0 Å². The highest BCUT2D eigenvalue weighted by molar-refractivity contribution is 6.31. The monoisotopic (exact) mass is 397 g/mol. The molecule has 0 spiro atoms. The minimum absolute atomic E-state index is 0.213. The predicted molar refractivity (Wildman–Crippen MR) is 93.3 cm³/mol. The van der Waals surface area contributed by atoms with E-state index in [0.29, 0.717) is 17.8 Å². The summed E-state index contributed by atoms with van der Waals surface area (Å²) in [7, 11) is 0. The lowest BCUT2D eigenvalue weighted by molar-refractivity contribution is -0.117. The largest absolute Gasteiger partial charge is 0.308 e. The Labute approximate surface area is 157 Å². The van der Waals surface area contributed by atoms with Gasteiger partial charge in [0.15, 0.2) is 5.82 Å². The molecular weight excluding hydrogens is 383 g/mol. The summed E-state index contributed by atoms with van der Waals surface area (Å²) >= 11 is 5.99. The highest BCUT2D eigenvalue weighted by Gasteiger charge is 2.15. The van der Waals surface area contributed by atoms with Crippen LogP contribution in [-0.4, -0.2) is 25.5 Å². The van der Waals surface area contributed by atoms with E-state index in [1.807, 2.05) is 0 Å². The van der Waals surface area contributed by atoms with Crippen LogP contribution in [0.3, 0.4) is 0 Å². The minimum atomic E-state index is -2.69. The van der Waals surface area contributed by atoms with Gasteiger partial charge in [-0.3, -0.25) is 14.2 Å². The van der Waals surface area contributed by atoms with Crippen LogP contribution in [0.4, 0.5) is 19.0 Å². The Bertz CT molecular complexity index is 969. The fourth-order valence-corrected chi connectivity index (χ4v) is 2.69. The number of nitrogens with zero attached hydrogens (tertiary/aromatic N) is 4. The molecule has 0 aliphatic heterocycles. The maximum Gasteiger partial charge on any atom is 0.282 e. The van der Waals surface area contributed by atoms with Crippen LogP contribution in [0.15, 0.2) is 36.5 Å². The van der Waals surface area contributed by atoms with Crippen LogP contribution < -0.4 is 5.32 Å². The number of anilines is 1. The summed E-state index contributed by atoms with van der Waals surface area (Å²) in [4.78, 5) is 12.1. The van der Waals surface area contributed by atoms with E-state index in [-0.39, 0.29) is 23.1 Å². The number of halogens is 4. The van der Waals surface area contributed by atoms with Crippen molar-refractivity contribution in [3.63, 3.8) is 0 Å². The lowest BCUT2D eigenvalue weighted by atomic mass is 10.2. The summed E-state index contributed by atoms with van der Waals surface area (Å²) in [5, 5.41) is 10.7. The van der Waals surface area contributed by atoms with E-state index in [0.717, 1.165) is 0 Å². The van der Waals surface area contributed by atoms with Crippen molar-refractivity contribution >= 4 is 23.3 Å². The lowest BCUT2D eigenvalue weighted by Gasteiger charge is -2.06. The standard InChI is InChI=1S/C17H15ClF3N5O/c1-10-6-14(17(20)21)23-26(10)9-16(27)22-15-4-5-25(24-15)8-11-2-3-12(19)7-13(11)18/h2-7,17H,8-9H2,1H3,(H,22,24,27). The summed E-state index contributed by atoms with van der Waals surface area (Å²) < 4.78 is 41.1. The number of hydrogen-bond donors (Lipinski definition) is 1. The molecule has 2 aromatic heterocycles. The summed E-state index contributed by atoms with van der Waals surface area (Å²) in [5.41, 5.74) is 0.753. The van der Waals surface area contributed by atoms with Gasteiger partial charge >= 0.3 is 0 Å². The molecule has 27 heavy (non-hydrogen) atoms. The lowest BCUT2D eigenvalue weighted by Crippen LogP contribution is -2.20. The van der Waals surface area contributed by atoms with Crippen molar-refractivity contribution in [1.82, 2.24) is 19.6 Å². The molecule has 1 N–H and O–H groups in total. The van der Waals surface area contributed by atoms with Gasteiger partial charge < -0.3 is 5.32 Å². The van der Waals surface area contributed by atoms with E-state index in [2.05, 4.69) is 15.5 Å². The molecule has 1 aromatic carbocycles. The Hall–Kier alpha value is -2.81. The topological polar surface area (TPSA) is 64.7 Å². The molecule has 0 fully saturated rings. The molecule has 1 amide bonds. The van der Waals surface area contributed by atoms with E-state index in [4.69, 9.17) is 11.6 Å². The molecule has 3 aromatic rings. The summed E-state index contributed by atoms with van der Waals surface area (Å²) in [5.74, 6) is -0.592. The number of benzene rings is 1. The molecule has 142 valence electrons. The molecular formula is C17H15ClF3N5O. The molecule has 10 heteroatoms. The third-order valence-corrected chi connectivity index (χ3v) is 4.12. The Balaban J connectivity index is 1.62. The number of carbonyl (C=O) groups excluding carboxylic acids is 1. The van der Waals surface area contributed by atoms with Gasteiger partial charge in [0.2, 0.25) is 5.91 Å². The van der Waals surface area contributed by atoms with Crippen molar-refractivity contribution in [1.29, 1.82) is 0 Å². The molecule has 0 unspecified atom stereocenters. The molecule has 6 nitrogen and oxygen atoms in total. The molecule has 0 bridgehead atoms. The third kappa shape index (κ3) is 4.68. The molecule has 2 heterocycles. The zero-order valence-electron chi connectivity index (χ0n) is 14.2. The highest BCUT2D eigenvalue weighted by Crippen LogP contribution is 2.19. The highest BCUT2D eigenvalue weighted by atomic mass is 35.5. The second-order valence-electron chi connectivity index (χ2n) is 5.85. The van der Waals surface area contributed by atoms with Gasteiger partial charge in [0.25, 0.3) is 6.43 Å². The fourth-order valence-electron chi connectivity index (χ4n) is 2.46. The van der Waals surface area contributed by atoms with Gasteiger partial charge in [0, 0.05) is 23.0 Å². The van der Waals surface area contributed by atoms with Crippen molar-refractivity contribution < 1.29 is 18.0 Å². The van der Waals surface area contributed by atoms with Gasteiger partial charge in [-0.25, -0.2) is 13.2 Å². The van der Waals surface area contributed by atoms with Gasteiger partial charge in [0.05, 0.1) is 6.54 Å². The smallest absolute Gasteiger partial charge is 0.282 e. The number of aromatic nitrogens is 4. The van der Waals surface area contributed by atoms with E-state index >= 15 is 0 Å². The van der Waals surface area contributed by atoms with E-state index in [1.165, 1.54) is 27.6 Å². The van der Waals surface area contributed by atoms with Crippen LogP contribution in [0.1, 0.15) is 23.4 Å². The first-order valence-corrected chi connectivity index (χ1v) is 8.29. The molecule has 0 saturated carbocycles. The Kier molecular flexibility index (Phi) is 5.50. The Morgan fingerprint density at radius 3 is 2.70 bits per heavy atom. The summed E-state index contributed by atoms with van der Waals surface area (Å²) in [6, 6.07) is 6.88. The van der Waals surface area contributed by atoms with Crippen molar-refractivity contribution in [2.75, 3.05) is 5.32 Å². The first-order valence-electron chi connectivity index (χ1n) is 7.91. The first kappa shape index (κ1) is 19.0. The van der Waals surface area contributed by atoms with Crippen LogP contribution >= 0.6 is 11.6 Å². The average molecular weight is 398 g/mol. The summed E-state index contributed by atoms with van der Waals surface area (Å²) in [6.45, 7) is 1.67. The average Bonchev–Trinajstić information content (AvgIpc) is 3.17. The summed E-state index contributed by atoms with van der Waals surface area (Å²) in [6.07, 6.45) is -1.06. The Morgan fingerprint density at radius 1 is 1.26 bits per heavy atom. The van der Waals surface area contributed by atoms with Crippen LogP contribution in [0.5, 0.6) is 0 Å². The maximum absolute atomic E-state index is 13.1. The van der Waals surface area contributed by atoms with E-state index in [9.17, 15) is 18.0 Å². The van der Waals surface area contributed by atoms with Crippen LogP contribution in [0.2, 0.25) is 5.02 Å². The van der Waals surface area contributed by atoms with Crippen LogP contribution in [0, 0.1) is 12.7 Å². The maximum atomic E-state index is 13.1. The van der Waals surface area contributed by atoms with E-state index < -0.39 is 18.1 Å². The normalized spacial score (nSPS) is 11.2. The number of hydrogen-bond acceptors (Lipinski definition) is 3. The quantitative estimate of drug-likeness (QED) is 0.688. The minimum Gasteiger partial charge on any atom is -0.308 e. The fraction of sp³-hybridized carbons (Fsp3) is 0.235. The zero-order valence-corrected chi connectivity index (χ0v) is 14.9. The predicted octanol–water partition coefficient (Wildman–Crippen LogP) is 3.81. The molecule has 0 saturated heterocycles. The van der Waals surface area contributed by atoms with Gasteiger partial charge in [0.1, 0.15) is 18.1 Å². The third-order valence-electron chi connectivity index (χ3n) is 3.77. The van der Waals surface area contributed by atoms with E-state index in [1.54, 1.807) is 25.3 Å². The molecule has 0 radical (unpaired) electrons. The van der Waals surface area contributed by atoms with Gasteiger partial charge in [-0.1, -0.05) is 17.7 Å². The second kappa shape index (κ2) is 7.83. The Morgan fingerprint density at radius 2 is 2.04 bits per heavy atom. The van der Waals surface area contributed by atoms with Crippen LogP contribution in [-0.2, 0) is 17.9 Å². The van der Waals surface area contributed by atoms with Gasteiger partial charge in [-0.15, -0.1) is 0 Å². The molecule has 0 atom stereocenters. The number of aryl methyl sites for hydroxylation is 1. The van der Waals surface area contributed by atoms with Crippen LogP contribution in [0.25, 0.3) is 0 Å². The number of rotatable bonds is 6. The van der Waals surface area contributed by atoms with Gasteiger partial charge in [-0.05, 0) is 30.7 Å². The molecule has 0 aliphatic rings. The number of nitrogens with one attached hydrogen (secondary N) is 1. The van der Waals surface area contributed by atoms with Crippen molar-refractivity contribution in [3.05, 3.63) is 64.3 Å². The number of amides is 1. The number of carbonyl (C=O) groups is 1. The van der Waals surface area contributed by atoms with Crippen molar-refractivity contribution in [2.24, 2.45) is 0 Å². The first-order chi connectivity index (χ1) is 12.8. The second-order valence-corrected chi connectivity index (χ2v) is 6.26. The van der Waals surface area contributed by atoms with Gasteiger partial charge in [-0.2, -0.15) is 10.2 Å². The number of alkyl halides is 2. The SMILES string of the molecule is Cc1cc(C(F)F)nn1CC(=O)Nc1ccn(Cc2ccc(F)cc2Cl)n1. The molecule has 0 aliphatic carbocycles. The zero-order chi connectivity index (χ0) is 19.6. The van der Waals surface area contributed by atoms with Crippen molar-refractivity contribution in [2.45, 2.75) is 26.4 Å². The molecule has 3 rings (SSSR count).